The van der Waals surface area contributed by atoms with Crippen LogP contribution in [0.5, 0.6) is 0 Å². The van der Waals surface area contributed by atoms with E-state index in [1.807, 2.05) is 0 Å². The highest BCUT2D eigenvalue weighted by atomic mass is 16.0. The standard InChI is InChI=1S/C17H34N2.2H2O/c1-3-6-16-9-13-19(14-10-16)12-5-8-17-7-4-11-18(2)15-17;;/h16-17H,3-15H2,1-2H3;2*1H2. The van der Waals surface area contributed by atoms with Gasteiger partial charge in [0, 0.05) is 6.54 Å². The Bertz CT molecular complexity index is 243. The van der Waals surface area contributed by atoms with Crippen LogP contribution in [-0.4, -0.2) is 60.5 Å². The molecule has 2 saturated heterocycles. The third-order valence-electron chi connectivity index (χ3n) is 5.21. The van der Waals surface area contributed by atoms with Gasteiger partial charge in [-0.25, -0.2) is 0 Å². The quantitative estimate of drug-likeness (QED) is 0.752. The molecule has 0 aliphatic carbocycles. The second kappa shape index (κ2) is 11.4. The lowest BCUT2D eigenvalue weighted by Gasteiger charge is -2.33. The van der Waals surface area contributed by atoms with Crippen molar-refractivity contribution in [2.45, 2.75) is 58.3 Å². The fourth-order valence-corrected chi connectivity index (χ4v) is 4.02. The first-order valence-corrected chi connectivity index (χ1v) is 8.68. The molecule has 0 aromatic heterocycles. The molecule has 2 heterocycles. The van der Waals surface area contributed by atoms with Gasteiger partial charge in [0.2, 0.25) is 0 Å². The summed E-state index contributed by atoms with van der Waals surface area (Å²) in [4.78, 5) is 5.24. The van der Waals surface area contributed by atoms with Crippen LogP contribution in [0.3, 0.4) is 0 Å². The van der Waals surface area contributed by atoms with E-state index in [1.165, 1.54) is 84.1 Å². The molecule has 2 rings (SSSR count). The molecule has 1 unspecified atom stereocenters. The third-order valence-corrected chi connectivity index (χ3v) is 5.21. The fourth-order valence-electron chi connectivity index (χ4n) is 4.02. The second-order valence-electron chi connectivity index (χ2n) is 6.99. The van der Waals surface area contributed by atoms with Gasteiger partial charge < -0.3 is 20.8 Å². The number of piperidine rings is 2. The van der Waals surface area contributed by atoms with Crippen LogP contribution in [0.15, 0.2) is 0 Å². The van der Waals surface area contributed by atoms with Crippen molar-refractivity contribution < 1.29 is 11.0 Å². The van der Waals surface area contributed by atoms with E-state index >= 15 is 0 Å². The van der Waals surface area contributed by atoms with Crippen LogP contribution in [0.2, 0.25) is 0 Å². The molecule has 0 aromatic carbocycles. The number of hydrogen-bond acceptors (Lipinski definition) is 2. The lowest BCUT2D eigenvalue weighted by atomic mass is 9.91. The monoisotopic (exact) mass is 302 g/mol. The smallest absolute Gasteiger partial charge is 0.000662 e. The summed E-state index contributed by atoms with van der Waals surface area (Å²) < 4.78 is 0. The summed E-state index contributed by atoms with van der Waals surface area (Å²) in [5.74, 6) is 2.02. The molecule has 2 fully saturated rings. The van der Waals surface area contributed by atoms with Gasteiger partial charge in [-0.15, -0.1) is 0 Å². The average molecular weight is 303 g/mol. The van der Waals surface area contributed by atoms with Crippen LogP contribution in [0.4, 0.5) is 0 Å². The predicted molar refractivity (Wildman–Crippen MR) is 90.8 cm³/mol. The largest absolute Gasteiger partial charge is 0.412 e. The summed E-state index contributed by atoms with van der Waals surface area (Å²) in [6.07, 6.45) is 11.5. The van der Waals surface area contributed by atoms with Gasteiger partial charge in [0.15, 0.2) is 0 Å². The Hall–Kier alpha value is -0.160. The zero-order valence-electron chi connectivity index (χ0n) is 14.2. The number of rotatable bonds is 6. The van der Waals surface area contributed by atoms with Crippen LogP contribution in [0, 0.1) is 11.8 Å². The lowest BCUT2D eigenvalue weighted by molar-refractivity contribution is 0.161. The van der Waals surface area contributed by atoms with Crippen molar-refractivity contribution in [2.75, 3.05) is 39.8 Å². The highest BCUT2D eigenvalue weighted by Crippen LogP contribution is 2.23. The Labute approximate surface area is 131 Å². The molecule has 0 bridgehead atoms. The van der Waals surface area contributed by atoms with Gasteiger partial charge >= 0.3 is 0 Å². The van der Waals surface area contributed by atoms with Gasteiger partial charge in [-0.05, 0) is 83.6 Å². The molecular weight excluding hydrogens is 264 g/mol. The number of likely N-dealkylation sites (tertiary alicyclic amines) is 2. The molecule has 4 N–H and O–H groups in total. The van der Waals surface area contributed by atoms with E-state index in [0.717, 1.165) is 11.8 Å². The van der Waals surface area contributed by atoms with Crippen molar-refractivity contribution in [3.63, 3.8) is 0 Å². The van der Waals surface area contributed by atoms with E-state index in [-0.39, 0.29) is 11.0 Å². The van der Waals surface area contributed by atoms with E-state index in [0.29, 0.717) is 0 Å². The van der Waals surface area contributed by atoms with E-state index in [4.69, 9.17) is 0 Å². The average Bonchev–Trinajstić information content (AvgIpc) is 2.41. The molecular formula is C17H38N2O2. The molecule has 2 aliphatic rings. The Morgan fingerprint density at radius 1 is 0.905 bits per heavy atom. The molecule has 0 aromatic rings. The Kier molecular flexibility index (Phi) is 11.3. The van der Waals surface area contributed by atoms with Crippen molar-refractivity contribution in [1.29, 1.82) is 0 Å². The molecule has 2 aliphatic heterocycles. The predicted octanol–water partition coefficient (Wildman–Crippen LogP) is 1.97. The van der Waals surface area contributed by atoms with Gasteiger partial charge in [0.05, 0.1) is 0 Å². The molecule has 4 nitrogen and oxygen atoms in total. The van der Waals surface area contributed by atoms with E-state index in [9.17, 15) is 0 Å². The van der Waals surface area contributed by atoms with E-state index in [1.54, 1.807) is 0 Å². The van der Waals surface area contributed by atoms with Gasteiger partial charge in [-0.2, -0.15) is 0 Å². The van der Waals surface area contributed by atoms with Crippen molar-refractivity contribution in [3.05, 3.63) is 0 Å². The fraction of sp³-hybridized carbons (Fsp3) is 1.00. The van der Waals surface area contributed by atoms with Crippen LogP contribution in [-0.2, 0) is 0 Å². The summed E-state index contributed by atoms with van der Waals surface area (Å²) in [6.45, 7) is 9.09. The highest BCUT2D eigenvalue weighted by Gasteiger charge is 2.20. The van der Waals surface area contributed by atoms with Crippen molar-refractivity contribution >= 4 is 0 Å². The number of hydrogen-bond donors (Lipinski definition) is 0. The van der Waals surface area contributed by atoms with Gasteiger partial charge in [-0.3, -0.25) is 0 Å². The normalized spacial score (nSPS) is 25.1. The zero-order valence-corrected chi connectivity index (χ0v) is 14.2. The van der Waals surface area contributed by atoms with E-state index in [2.05, 4.69) is 23.8 Å². The number of nitrogens with zero attached hydrogens (tertiary/aromatic N) is 2. The highest BCUT2D eigenvalue weighted by molar-refractivity contribution is 4.74. The Morgan fingerprint density at radius 2 is 1.62 bits per heavy atom. The minimum Gasteiger partial charge on any atom is -0.412 e. The summed E-state index contributed by atoms with van der Waals surface area (Å²) >= 11 is 0. The summed E-state index contributed by atoms with van der Waals surface area (Å²) in [6, 6.07) is 0. The maximum atomic E-state index is 2.72. The SMILES string of the molecule is CCCC1CCN(CCCC2CCCN(C)C2)CC1.O.O. The van der Waals surface area contributed by atoms with Crippen LogP contribution in [0.25, 0.3) is 0 Å². The summed E-state index contributed by atoms with van der Waals surface area (Å²) in [5.41, 5.74) is 0. The van der Waals surface area contributed by atoms with Crippen LogP contribution >= 0.6 is 0 Å². The summed E-state index contributed by atoms with van der Waals surface area (Å²) in [7, 11) is 2.28. The first kappa shape index (κ1) is 20.8. The molecule has 0 radical (unpaired) electrons. The molecule has 0 saturated carbocycles. The zero-order chi connectivity index (χ0) is 13.5. The molecule has 0 amide bonds. The van der Waals surface area contributed by atoms with Gasteiger partial charge in [0.25, 0.3) is 0 Å². The van der Waals surface area contributed by atoms with E-state index < -0.39 is 0 Å². The second-order valence-corrected chi connectivity index (χ2v) is 6.99. The molecule has 1 atom stereocenters. The van der Waals surface area contributed by atoms with Gasteiger partial charge in [-0.1, -0.05) is 19.8 Å². The van der Waals surface area contributed by atoms with Crippen molar-refractivity contribution in [1.82, 2.24) is 9.80 Å². The van der Waals surface area contributed by atoms with Crippen LogP contribution < -0.4 is 0 Å². The third kappa shape index (κ3) is 7.59. The maximum absolute atomic E-state index is 2.72. The lowest BCUT2D eigenvalue weighted by Crippen LogP contribution is -2.35. The first-order chi connectivity index (χ1) is 9.28. The van der Waals surface area contributed by atoms with Crippen molar-refractivity contribution in [2.24, 2.45) is 11.8 Å². The molecule has 0 spiro atoms. The van der Waals surface area contributed by atoms with Gasteiger partial charge in [0.1, 0.15) is 0 Å². The topological polar surface area (TPSA) is 69.5 Å². The Morgan fingerprint density at radius 3 is 2.24 bits per heavy atom. The molecule has 4 heteroatoms. The minimum absolute atomic E-state index is 0. The molecule has 128 valence electrons. The maximum Gasteiger partial charge on any atom is 0.000662 e. The summed E-state index contributed by atoms with van der Waals surface area (Å²) in [5, 5.41) is 0. The van der Waals surface area contributed by atoms with Crippen LogP contribution in [0.1, 0.15) is 58.3 Å². The first-order valence-electron chi connectivity index (χ1n) is 8.68. The minimum atomic E-state index is 0. The van der Waals surface area contributed by atoms with Crippen molar-refractivity contribution in [3.8, 4) is 0 Å². The molecule has 21 heavy (non-hydrogen) atoms. The Balaban J connectivity index is 0.00000200.